The Balaban J connectivity index is 1.23. The van der Waals surface area contributed by atoms with E-state index in [1.807, 2.05) is 41.3 Å². The summed E-state index contributed by atoms with van der Waals surface area (Å²) in [5.74, 6) is 0.543. The van der Waals surface area contributed by atoms with Crippen molar-refractivity contribution < 1.29 is 19.1 Å². The predicted molar refractivity (Wildman–Crippen MR) is 145 cm³/mol. The molecule has 0 saturated carbocycles. The number of benzene rings is 2. The molecule has 0 atom stereocenters. The molecule has 2 aromatic rings. The Labute approximate surface area is 225 Å². The highest BCUT2D eigenvalue weighted by molar-refractivity contribution is 5.96. The largest absolute Gasteiger partial charge is 0.375 e. The van der Waals surface area contributed by atoms with E-state index in [-0.39, 0.29) is 30.9 Å². The number of para-hydroxylation sites is 1. The summed E-state index contributed by atoms with van der Waals surface area (Å²) >= 11 is 0. The number of hydrogen-bond acceptors (Lipinski definition) is 5. The predicted octanol–water partition coefficient (Wildman–Crippen LogP) is 2.78. The van der Waals surface area contributed by atoms with Gasteiger partial charge in [0.2, 0.25) is 11.8 Å². The quantitative estimate of drug-likeness (QED) is 0.564. The number of amides is 3. The van der Waals surface area contributed by atoms with E-state index in [2.05, 4.69) is 29.2 Å². The van der Waals surface area contributed by atoms with Crippen LogP contribution in [0.15, 0.2) is 60.7 Å². The third-order valence-electron chi connectivity index (χ3n) is 8.45. The molecule has 3 aliphatic rings. The fourth-order valence-electron chi connectivity index (χ4n) is 6.26. The van der Waals surface area contributed by atoms with E-state index < -0.39 is 5.54 Å². The Bertz CT molecular complexity index is 1110. The number of hydrogen-bond donors (Lipinski definition) is 0. The molecule has 1 spiro atoms. The topological polar surface area (TPSA) is 73.4 Å². The number of rotatable bonds is 7. The maximum atomic E-state index is 13.9. The zero-order chi connectivity index (χ0) is 26.5. The summed E-state index contributed by atoms with van der Waals surface area (Å²) < 4.78 is 5.02. The van der Waals surface area contributed by atoms with Gasteiger partial charge in [-0.1, -0.05) is 48.5 Å². The maximum Gasteiger partial charge on any atom is 0.250 e. The molecule has 0 aliphatic carbocycles. The lowest BCUT2D eigenvalue weighted by Crippen LogP contribution is -2.57. The average Bonchev–Trinajstić information content (AvgIpc) is 3.21. The summed E-state index contributed by atoms with van der Waals surface area (Å²) in [6.45, 7) is 2.99. The summed E-state index contributed by atoms with van der Waals surface area (Å²) in [5.41, 5.74) is 1.57. The van der Waals surface area contributed by atoms with Gasteiger partial charge in [-0.3, -0.25) is 14.4 Å². The molecule has 8 nitrogen and oxygen atoms in total. The van der Waals surface area contributed by atoms with Gasteiger partial charge in [0.15, 0.2) is 0 Å². The molecule has 3 amide bonds. The van der Waals surface area contributed by atoms with Crippen LogP contribution in [0.1, 0.15) is 31.2 Å². The summed E-state index contributed by atoms with van der Waals surface area (Å²) in [5, 5.41) is 0. The van der Waals surface area contributed by atoms with Crippen LogP contribution in [0.25, 0.3) is 0 Å². The van der Waals surface area contributed by atoms with Crippen molar-refractivity contribution in [3.8, 4) is 0 Å². The second kappa shape index (κ2) is 11.6. The van der Waals surface area contributed by atoms with Crippen molar-refractivity contribution in [2.24, 2.45) is 5.92 Å². The van der Waals surface area contributed by atoms with Gasteiger partial charge in [0.1, 0.15) is 18.7 Å². The molecule has 3 aliphatic heterocycles. The van der Waals surface area contributed by atoms with E-state index in [9.17, 15) is 14.4 Å². The standard InChI is InChI=1S/C30H38N4O4/c1-38-22-28(36)32-18-14-30(15-19-32)29(37)33(23-34(30)26-10-6-3-7-11-26)21-27(35)31-16-12-25(13-17-31)20-24-8-4-2-5-9-24/h2-11,25H,12-23H2,1H3. The van der Waals surface area contributed by atoms with Crippen molar-refractivity contribution in [1.29, 1.82) is 0 Å². The van der Waals surface area contributed by atoms with Crippen molar-refractivity contribution in [2.75, 3.05) is 58.0 Å². The molecule has 3 fully saturated rings. The summed E-state index contributed by atoms with van der Waals surface area (Å²) in [6.07, 6.45) is 4.09. The van der Waals surface area contributed by atoms with Gasteiger partial charge in [-0.05, 0) is 55.7 Å². The summed E-state index contributed by atoms with van der Waals surface area (Å²) in [6, 6.07) is 20.5. The first-order chi connectivity index (χ1) is 18.5. The second-order valence-electron chi connectivity index (χ2n) is 10.8. The molecule has 202 valence electrons. The third kappa shape index (κ3) is 5.41. The Morgan fingerprint density at radius 1 is 0.868 bits per heavy atom. The number of anilines is 1. The molecule has 0 unspecified atom stereocenters. The molecule has 38 heavy (non-hydrogen) atoms. The molecule has 0 N–H and O–H groups in total. The maximum absolute atomic E-state index is 13.9. The van der Waals surface area contributed by atoms with Gasteiger partial charge in [0.25, 0.3) is 5.91 Å². The fourth-order valence-corrected chi connectivity index (χ4v) is 6.26. The Morgan fingerprint density at radius 2 is 1.47 bits per heavy atom. The van der Waals surface area contributed by atoms with Crippen LogP contribution >= 0.6 is 0 Å². The highest BCUT2D eigenvalue weighted by atomic mass is 16.5. The Morgan fingerprint density at radius 3 is 2.11 bits per heavy atom. The molecule has 0 radical (unpaired) electrons. The molecule has 0 aromatic heterocycles. The van der Waals surface area contributed by atoms with E-state index in [0.717, 1.165) is 38.0 Å². The summed E-state index contributed by atoms with van der Waals surface area (Å²) in [4.78, 5) is 47.2. The first kappa shape index (κ1) is 26.2. The minimum absolute atomic E-state index is 0.00694. The van der Waals surface area contributed by atoms with Crippen molar-refractivity contribution in [1.82, 2.24) is 14.7 Å². The molecule has 8 heteroatoms. The molecule has 5 rings (SSSR count). The number of piperidine rings is 2. The lowest BCUT2D eigenvalue weighted by Gasteiger charge is -2.43. The third-order valence-corrected chi connectivity index (χ3v) is 8.45. The van der Waals surface area contributed by atoms with E-state index in [4.69, 9.17) is 4.74 Å². The minimum atomic E-state index is -0.742. The average molecular weight is 519 g/mol. The molecular weight excluding hydrogens is 480 g/mol. The highest BCUT2D eigenvalue weighted by Gasteiger charge is 2.54. The number of carbonyl (C=O) groups is 3. The van der Waals surface area contributed by atoms with Crippen LogP contribution in [0, 0.1) is 5.92 Å². The normalized spacial score (nSPS) is 19.9. The van der Waals surface area contributed by atoms with Crippen LogP contribution in [0.2, 0.25) is 0 Å². The van der Waals surface area contributed by atoms with Crippen molar-refractivity contribution in [3.05, 3.63) is 66.2 Å². The zero-order valence-corrected chi connectivity index (χ0v) is 22.3. The van der Waals surface area contributed by atoms with Crippen LogP contribution in [-0.2, 0) is 25.5 Å². The molecule has 3 heterocycles. The fraction of sp³-hybridized carbons (Fsp3) is 0.500. The van der Waals surface area contributed by atoms with Gasteiger partial charge in [0, 0.05) is 39.0 Å². The van der Waals surface area contributed by atoms with Crippen molar-refractivity contribution in [3.63, 3.8) is 0 Å². The molecular formula is C30H38N4O4. The SMILES string of the molecule is COCC(=O)N1CCC2(CC1)C(=O)N(CC(=O)N1CCC(Cc3ccccc3)CC1)CN2c1ccccc1. The smallest absolute Gasteiger partial charge is 0.250 e. The minimum Gasteiger partial charge on any atom is -0.375 e. The highest BCUT2D eigenvalue weighted by Crippen LogP contribution is 2.39. The van der Waals surface area contributed by atoms with Gasteiger partial charge >= 0.3 is 0 Å². The Kier molecular flexibility index (Phi) is 7.98. The first-order valence-corrected chi connectivity index (χ1v) is 13.7. The van der Waals surface area contributed by atoms with Crippen LogP contribution in [-0.4, -0.2) is 91.1 Å². The van der Waals surface area contributed by atoms with E-state index in [1.165, 1.54) is 12.7 Å². The van der Waals surface area contributed by atoms with Gasteiger partial charge in [0.05, 0.1) is 6.67 Å². The Hall–Kier alpha value is -3.39. The molecule has 2 aromatic carbocycles. The van der Waals surface area contributed by atoms with Gasteiger partial charge < -0.3 is 24.3 Å². The number of ether oxygens (including phenoxy) is 1. The van der Waals surface area contributed by atoms with Crippen LogP contribution in [0.4, 0.5) is 5.69 Å². The molecule has 3 saturated heterocycles. The number of methoxy groups -OCH3 is 1. The summed E-state index contributed by atoms with van der Waals surface area (Å²) in [7, 11) is 1.52. The second-order valence-corrected chi connectivity index (χ2v) is 10.8. The van der Waals surface area contributed by atoms with Gasteiger partial charge in [-0.15, -0.1) is 0 Å². The van der Waals surface area contributed by atoms with Gasteiger partial charge in [-0.25, -0.2) is 0 Å². The number of carbonyl (C=O) groups excluding carboxylic acids is 3. The van der Waals surface area contributed by atoms with E-state index in [1.54, 1.807) is 9.80 Å². The number of nitrogens with zero attached hydrogens (tertiary/aromatic N) is 4. The zero-order valence-electron chi connectivity index (χ0n) is 22.3. The number of likely N-dealkylation sites (tertiary alicyclic amines) is 2. The van der Waals surface area contributed by atoms with Crippen LogP contribution in [0.5, 0.6) is 0 Å². The molecule has 0 bridgehead atoms. The van der Waals surface area contributed by atoms with Gasteiger partial charge in [-0.2, -0.15) is 0 Å². The monoisotopic (exact) mass is 518 g/mol. The van der Waals surface area contributed by atoms with Crippen LogP contribution < -0.4 is 4.90 Å². The van der Waals surface area contributed by atoms with Crippen molar-refractivity contribution >= 4 is 23.4 Å². The van der Waals surface area contributed by atoms with E-state index >= 15 is 0 Å². The van der Waals surface area contributed by atoms with E-state index in [0.29, 0.717) is 38.5 Å². The first-order valence-electron chi connectivity index (χ1n) is 13.7. The van der Waals surface area contributed by atoms with Crippen molar-refractivity contribution in [2.45, 2.75) is 37.6 Å². The van der Waals surface area contributed by atoms with Crippen LogP contribution in [0.3, 0.4) is 0 Å². The lowest BCUT2D eigenvalue weighted by molar-refractivity contribution is -0.143. The lowest BCUT2D eigenvalue weighted by atomic mass is 9.85.